The Labute approximate surface area is 186 Å². The third kappa shape index (κ3) is 2.05. The van der Waals surface area contributed by atoms with Crippen molar-refractivity contribution in [2.45, 2.75) is 94.5 Å². The summed E-state index contributed by atoms with van der Waals surface area (Å²) < 4.78 is 13.5. The number of fused-ring (bicyclic) bond motifs is 2. The third-order valence-electron chi connectivity index (χ3n) is 10.7. The van der Waals surface area contributed by atoms with E-state index in [1.807, 2.05) is 21.0 Å². The first kappa shape index (κ1) is 19.4. The number of piperidine rings is 1. The highest BCUT2D eigenvalue weighted by Gasteiger charge is 2.81. The molecule has 1 N–H and O–H groups in total. The molecule has 4 bridgehead atoms. The lowest BCUT2D eigenvalue weighted by Crippen LogP contribution is -2.82. The molecule has 2 aliphatic heterocycles. The molecule has 2 heterocycles. The van der Waals surface area contributed by atoms with Crippen LogP contribution in [-0.4, -0.2) is 53.6 Å². The predicted molar refractivity (Wildman–Crippen MR) is 119 cm³/mol. The summed E-state index contributed by atoms with van der Waals surface area (Å²) in [5.41, 5.74) is 3.36. The average Bonchev–Trinajstić information content (AvgIpc) is 3.47. The zero-order valence-corrected chi connectivity index (χ0v) is 19.5. The van der Waals surface area contributed by atoms with Gasteiger partial charge in [-0.2, -0.15) is 0 Å². The average molecular weight is 424 g/mol. The number of benzene rings is 1. The van der Waals surface area contributed by atoms with Crippen molar-refractivity contribution in [2.75, 3.05) is 20.2 Å². The molecule has 8 rings (SSSR count). The molecule has 4 nitrogen and oxygen atoms in total. The van der Waals surface area contributed by atoms with Crippen molar-refractivity contribution in [2.24, 2.45) is 17.3 Å². The normalized spacial score (nSPS) is 44.9. The van der Waals surface area contributed by atoms with Crippen LogP contribution in [0.4, 0.5) is 0 Å². The van der Waals surface area contributed by atoms with Gasteiger partial charge in [0, 0.05) is 42.0 Å². The maximum atomic E-state index is 11.4. The number of nitrogens with zero attached hydrogens (tertiary/aromatic N) is 1. The summed E-state index contributed by atoms with van der Waals surface area (Å²) in [4.78, 5) is 2.87. The molecule has 0 radical (unpaired) electrons. The number of methoxy groups -OCH3 is 1. The van der Waals surface area contributed by atoms with E-state index in [1.54, 1.807) is 0 Å². The van der Waals surface area contributed by atoms with Crippen LogP contribution in [0.25, 0.3) is 0 Å². The molecule has 4 heteroatoms. The van der Waals surface area contributed by atoms with Gasteiger partial charge in [0.2, 0.25) is 0 Å². The second kappa shape index (κ2) is 5.69. The van der Waals surface area contributed by atoms with Gasteiger partial charge in [-0.1, -0.05) is 12.1 Å². The minimum Gasteiger partial charge on any atom is -0.486 e. The van der Waals surface area contributed by atoms with E-state index < -0.39 is 11.2 Å². The van der Waals surface area contributed by atoms with Gasteiger partial charge in [0.05, 0.1) is 5.60 Å². The molecule has 1 saturated heterocycles. The lowest BCUT2D eigenvalue weighted by atomic mass is 9.34. The largest absolute Gasteiger partial charge is 0.486 e. The zero-order chi connectivity index (χ0) is 21.4. The molecular formula is C27H37NO3. The highest BCUT2D eigenvalue weighted by atomic mass is 16.6. The van der Waals surface area contributed by atoms with E-state index in [4.69, 9.17) is 9.47 Å². The first-order chi connectivity index (χ1) is 14.8. The van der Waals surface area contributed by atoms with Gasteiger partial charge < -0.3 is 14.6 Å². The third-order valence-corrected chi connectivity index (χ3v) is 10.7. The maximum Gasteiger partial charge on any atom is 0.138 e. The zero-order valence-electron chi connectivity index (χ0n) is 19.5. The number of rotatable bonds is 4. The first-order valence-corrected chi connectivity index (χ1v) is 12.6. The van der Waals surface area contributed by atoms with Crippen LogP contribution in [0.15, 0.2) is 12.1 Å². The molecule has 6 atom stereocenters. The van der Waals surface area contributed by atoms with Crippen molar-refractivity contribution < 1.29 is 14.6 Å². The van der Waals surface area contributed by atoms with Crippen LogP contribution >= 0.6 is 0 Å². The van der Waals surface area contributed by atoms with Gasteiger partial charge in [-0.25, -0.2) is 0 Å². The molecule has 31 heavy (non-hydrogen) atoms. The Morgan fingerprint density at radius 3 is 2.74 bits per heavy atom. The number of aliphatic hydroxyl groups is 1. The summed E-state index contributed by atoms with van der Waals surface area (Å²) in [6.45, 7) is 8.66. The summed E-state index contributed by atoms with van der Waals surface area (Å²) >= 11 is 0. The van der Waals surface area contributed by atoms with Crippen LogP contribution < -0.4 is 4.74 Å². The Morgan fingerprint density at radius 2 is 2.03 bits per heavy atom. The summed E-state index contributed by atoms with van der Waals surface area (Å²) in [5, 5.41) is 11.4. The number of hydrogen-bond acceptors (Lipinski definition) is 4. The van der Waals surface area contributed by atoms with E-state index in [0.717, 1.165) is 30.9 Å². The lowest BCUT2D eigenvalue weighted by molar-refractivity contribution is -0.300. The molecule has 1 aromatic carbocycles. The highest BCUT2D eigenvalue weighted by molar-refractivity contribution is 5.61. The van der Waals surface area contributed by atoms with Gasteiger partial charge in [-0.15, -0.1) is 0 Å². The summed E-state index contributed by atoms with van der Waals surface area (Å²) in [6, 6.07) is 5.24. The van der Waals surface area contributed by atoms with Crippen molar-refractivity contribution in [1.82, 2.24) is 4.90 Å². The number of likely N-dealkylation sites (tertiary alicyclic amines) is 1. The quantitative estimate of drug-likeness (QED) is 0.795. The molecule has 0 aromatic heterocycles. The Kier molecular flexibility index (Phi) is 3.55. The monoisotopic (exact) mass is 423 g/mol. The standard InChI is InChI=1S/C27H37NO3/c1-16-5-8-18-13-20-25-9-10-27(30-4,19(14-25)24(2,3)29)23-26(25,21(18)22(16)31-23)11-12-28(20)15-17-6-7-17/h5,8,17,19-20,23,29H,6-7,9-15H2,1-4H3/t19-,20-,23-,25?,26+,27?/m1/s1. The molecular weight excluding hydrogens is 386 g/mol. The Morgan fingerprint density at radius 1 is 1.23 bits per heavy atom. The number of aryl methyl sites for hydroxylation is 1. The molecule has 5 aliphatic carbocycles. The second-order valence-corrected chi connectivity index (χ2v) is 12.3. The smallest absolute Gasteiger partial charge is 0.138 e. The van der Waals surface area contributed by atoms with Crippen molar-refractivity contribution in [3.63, 3.8) is 0 Å². The number of hydrogen-bond donors (Lipinski definition) is 1. The molecule has 2 spiro atoms. The minimum atomic E-state index is -0.784. The highest BCUT2D eigenvalue weighted by Crippen LogP contribution is 2.77. The van der Waals surface area contributed by atoms with Crippen molar-refractivity contribution in [1.29, 1.82) is 0 Å². The molecule has 168 valence electrons. The van der Waals surface area contributed by atoms with Gasteiger partial charge in [-0.3, -0.25) is 4.90 Å². The SMILES string of the molecule is COC12CCC3(C[C@@H]1C(C)(C)O)[C@H]1Cc4ccc(C)c5c4[C@@]3(CCN1CC1CC1)[C@H]2O5. The van der Waals surface area contributed by atoms with Crippen LogP contribution in [0.2, 0.25) is 0 Å². The van der Waals surface area contributed by atoms with Crippen molar-refractivity contribution >= 4 is 0 Å². The van der Waals surface area contributed by atoms with E-state index in [1.165, 1.54) is 55.5 Å². The van der Waals surface area contributed by atoms with Crippen LogP contribution in [0, 0.1) is 24.2 Å². The van der Waals surface area contributed by atoms with Gasteiger partial charge in [-0.05, 0) is 89.3 Å². The van der Waals surface area contributed by atoms with Crippen molar-refractivity contribution in [3.8, 4) is 5.75 Å². The fourth-order valence-electron chi connectivity index (χ4n) is 9.38. The minimum absolute atomic E-state index is 0.0182. The Bertz CT molecular complexity index is 964. The maximum absolute atomic E-state index is 11.4. The van der Waals surface area contributed by atoms with Gasteiger partial charge in [0.15, 0.2) is 0 Å². The van der Waals surface area contributed by atoms with Crippen LogP contribution in [0.5, 0.6) is 5.75 Å². The lowest BCUT2D eigenvalue weighted by Gasteiger charge is -2.75. The fraction of sp³-hybridized carbons (Fsp3) is 0.778. The van der Waals surface area contributed by atoms with E-state index in [0.29, 0.717) is 6.04 Å². The Balaban J connectivity index is 1.49. The topological polar surface area (TPSA) is 41.9 Å². The van der Waals surface area contributed by atoms with Gasteiger partial charge >= 0.3 is 0 Å². The van der Waals surface area contributed by atoms with Crippen LogP contribution in [0.3, 0.4) is 0 Å². The molecule has 4 saturated carbocycles. The van der Waals surface area contributed by atoms with E-state index >= 15 is 0 Å². The van der Waals surface area contributed by atoms with E-state index in [2.05, 4.69) is 24.0 Å². The molecule has 7 aliphatic rings. The fourth-order valence-corrected chi connectivity index (χ4v) is 9.38. The van der Waals surface area contributed by atoms with Crippen LogP contribution in [0.1, 0.15) is 69.1 Å². The molecule has 2 unspecified atom stereocenters. The summed E-state index contributed by atoms with van der Waals surface area (Å²) in [6.07, 6.45) is 8.41. The van der Waals surface area contributed by atoms with Gasteiger partial charge in [0.25, 0.3) is 0 Å². The van der Waals surface area contributed by atoms with Gasteiger partial charge in [0.1, 0.15) is 17.5 Å². The predicted octanol–water partition coefficient (Wildman–Crippen LogP) is 3.99. The number of ether oxygens (including phenoxy) is 2. The summed E-state index contributed by atoms with van der Waals surface area (Å²) in [5.74, 6) is 2.16. The molecule has 5 fully saturated rings. The second-order valence-electron chi connectivity index (χ2n) is 12.3. The van der Waals surface area contributed by atoms with Crippen molar-refractivity contribution in [3.05, 3.63) is 28.8 Å². The van der Waals surface area contributed by atoms with E-state index in [9.17, 15) is 5.11 Å². The van der Waals surface area contributed by atoms with E-state index in [-0.39, 0.29) is 22.9 Å². The Hall–Kier alpha value is -1.10. The first-order valence-electron chi connectivity index (χ1n) is 12.6. The molecule has 0 amide bonds. The summed E-state index contributed by atoms with van der Waals surface area (Å²) in [7, 11) is 1.87. The van der Waals surface area contributed by atoms with Crippen LogP contribution in [-0.2, 0) is 16.6 Å². The molecule has 1 aromatic rings.